The summed E-state index contributed by atoms with van der Waals surface area (Å²) >= 11 is 0. The summed E-state index contributed by atoms with van der Waals surface area (Å²) in [6.45, 7) is 9.69. The Morgan fingerprint density at radius 3 is 2.53 bits per heavy atom. The fourth-order valence-electron chi connectivity index (χ4n) is 1.40. The number of rotatable bonds is 1. The van der Waals surface area contributed by atoms with Crippen LogP contribution in [0.1, 0.15) is 39.0 Å². The minimum atomic E-state index is -0.519. The van der Waals surface area contributed by atoms with Gasteiger partial charge in [-0.1, -0.05) is 13.8 Å². The molecule has 0 spiro atoms. The molecule has 2 aromatic rings. The smallest absolute Gasteiger partial charge is 0.154 e. The molecule has 0 atom stereocenters. The summed E-state index contributed by atoms with van der Waals surface area (Å²) in [5.74, 6) is 0. The van der Waals surface area contributed by atoms with Gasteiger partial charge in [0.25, 0.3) is 0 Å². The van der Waals surface area contributed by atoms with Crippen LogP contribution in [0.5, 0.6) is 0 Å². The zero-order valence-corrected chi connectivity index (χ0v) is 11.0. The molecular weight excluding hydrogens is 212 g/mol. The molecule has 0 aliphatic heterocycles. The monoisotopic (exact) mass is 230 g/mol. The van der Waals surface area contributed by atoms with E-state index in [2.05, 4.69) is 16.2 Å². The molecule has 0 saturated heterocycles. The lowest BCUT2D eigenvalue weighted by atomic mass is 9.88. The first-order valence-electron chi connectivity index (χ1n) is 5.77. The summed E-state index contributed by atoms with van der Waals surface area (Å²) in [6, 6.07) is 4.16. The third-order valence-corrected chi connectivity index (χ3v) is 2.53. The second-order valence-electron chi connectivity index (χ2n) is 4.15. The topological polar surface area (TPSA) is 54.0 Å². The summed E-state index contributed by atoms with van der Waals surface area (Å²) in [4.78, 5) is 4.22. The van der Waals surface area contributed by atoms with E-state index in [0.717, 1.165) is 16.9 Å². The van der Waals surface area contributed by atoms with Gasteiger partial charge in [-0.3, -0.25) is 0 Å². The summed E-state index contributed by atoms with van der Waals surface area (Å²) < 4.78 is 1.76. The van der Waals surface area contributed by atoms with E-state index in [1.54, 1.807) is 16.9 Å². The molecule has 0 aromatic carbocycles. The van der Waals surface area contributed by atoms with Crippen LogP contribution in [0.15, 0.2) is 18.5 Å². The number of nitriles is 1. The first-order valence-corrected chi connectivity index (χ1v) is 5.77. The predicted molar refractivity (Wildman–Crippen MR) is 67.7 cm³/mol. The second kappa shape index (κ2) is 4.96. The minimum Gasteiger partial charge on any atom is -0.235 e. The third kappa shape index (κ3) is 2.44. The number of fused-ring (bicyclic) bond motifs is 1. The highest BCUT2D eigenvalue weighted by molar-refractivity contribution is 5.44. The lowest BCUT2D eigenvalue weighted by molar-refractivity contribution is 0.675. The van der Waals surface area contributed by atoms with Gasteiger partial charge < -0.3 is 0 Å². The number of aromatic nitrogens is 3. The third-order valence-electron chi connectivity index (χ3n) is 2.53. The van der Waals surface area contributed by atoms with Gasteiger partial charge in [-0.2, -0.15) is 10.4 Å². The van der Waals surface area contributed by atoms with Gasteiger partial charge in [-0.15, -0.1) is 0 Å². The second-order valence-corrected chi connectivity index (χ2v) is 4.15. The molecule has 0 amide bonds. The Kier molecular flexibility index (Phi) is 3.84. The molecule has 2 rings (SSSR count). The van der Waals surface area contributed by atoms with Gasteiger partial charge in [-0.05, 0) is 32.4 Å². The van der Waals surface area contributed by atoms with Gasteiger partial charge >= 0.3 is 0 Å². The van der Waals surface area contributed by atoms with Gasteiger partial charge in [0.05, 0.1) is 29.6 Å². The highest BCUT2D eigenvalue weighted by atomic mass is 15.2. The van der Waals surface area contributed by atoms with E-state index in [1.807, 2.05) is 40.7 Å². The van der Waals surface area contributed by atoms with Gasteiger partial charge in [-0.25, -0.2) is 9.50 Å². The number of hydrogen-bond acceptors (Lipinski definition) is 3. The van der Waals surface area contributed by atoms with Crippen molar-refractivity contribution in [1.82, 2.24) is 14.6 Å². The largest absolute Gasteiger partial charge is 0.235 e. The maximum absolute atomic E-state index is 9.02. The molecule has 2 heterocycles. The van der Waals surface area contributed by atoms with E-state index in [0.29, 0.717) is 0 Å². The molecule has 0 fully saturated rings. The Bertz CT molecular complexity index is 546. The number of nitrogens with zero attached hydrogens (tertiary/aromatic N) is 4. The molecule has 90 valence electrons. The summed E-state index contributed by atoms with van der Waals surface area (Å²) in [7, 11) is 0. The molecular formula is C13H18N4. The van der Waals surface area contributed by atoms with Crippen molar-refractivity contribution in [3.63, 3.8) is 0 Å². The van der Waals surface area contributed by atoms with Crippen LogP contribution in [0, 0.1) is 18.3 Å². The van der Waals surface area contributed by atoms with E-state index < -0.39 is 5.41 Å². The van der Waals surface area contributed by atoms with Crippen LogP contribution >= 0.6 is 0 Å². The Balaban J connectivity index is 0.000000686. The molecule has 2 aromatic heterocycles. The molecule has 17 heavy (non-hydrogen) atoms. The van der Waals surface area contributed by atoms with Crippen molar-refractivity contribution < 1.29 is 0 Å². The minimum absolute atomic E-state index is 0.519. The normalized spacial score (nSPS) is 10.6. The van der Waals surface area contributed by atoms with E-state index in [4.69, 9.17) is 5.26 Å². The molecule has 0 N–H and O–H groups in total. The SMILES string of the molecule is CC.Cc1cnc2cc(C(C)(C)C#N)cnn12. The number of imidazole rings is 1. The zero-order chi connectivity index (χ0) is 13.1. The van der Waals surface area contributed by atoms with Gasteiger partial charge in [0, 0.05) is 0 Å². The van der Waals surface area contributed by atoms with E-state index in [9.17, 15) is 0 Å². The molecule has 0 bridgehead atoms. The van der Waals surface area contributed by atoms with E-state index in [-0.39, 0.29) is 0 Å². The molecule has 4 nitrogen and oxygen atoms in total. The van der Waals surface area contributed by atoms with Crippen LogP contribution in [0.3, 0.4) is 0 Å². The highest BCUT2D eigenvalue weighted by Gasteiger charge is 2.20. The Hall–Kier alpha value is -1.89. The van der Waals surface area contributed by atoms with E-state index in [1.165, 1.54) is 0 Å². The van der Waals surface area contributed by atoms with Crippen LogP contribution in [0.2, 0.25) is 0 Å². The van der Waals surface area contributed by atoms with Crippen molar-refractivity contribution in [2.75, 3.05) is 0 Å². The van der Waals surface area contributed by atoms with Crippen molar-refractivity contribution in [2.45, 2.75) is 40.0 Å². The fraction of sp³-hybridized carbons (Fsp3) is 0.462. The van der Waals surface area contributed by atoms with Crippen molar-refractivity contribution in [1.29, 1.82) is 5.26 Å². The van der Waals surface area contributed by atoms with Crippen molar-refractivity contribution in [2.24, 2.45) is 0 Å². The van der Waals surface area contributed by atoms with Gasteiger partial charge in [0.15, 0.2) is 5.65 Å². The predicted octanol–water partition coefficient (Wildman–Crippen LogP) is 2.87. The summed E-state index contributed by atoms with van der Waals surface area (Å²) in [5, 5.41) is 13.3. The van der Waals surface area contributed by atoms with Crippen LogP contribution in [0.25, 0.3) is 5.65 Å². The molecule has 0 aliphatic carbocycles. The summed E-state index contributed by atoms with van der Waals surface area (Å²) in [6.07, 6.45) is 3.50. The maximum Gasteiger partial charge on any atom is 0.154 e. The van der Waals surface area contributed by atoms with Crippen molar-refractivity contribution >= 4 is 5.65 Å². The highest BCUT2D eigenvalue weighted by Crippen LogP contribution is 2.22. The lowest BCUT2D eigenvalue weighted by Crippen LogP contribution is -2.15. The van der Waals surface area contributed by atoms with Gasteiger partial charge in [0.2, 0.25) is 0 Å². The molecule has 0 radical (unpaired) electrons. The van der Waals surface area contributed by atoms with Crippen molar-refractivity contribution in [3.05, 3.63) is 29.7 Å². The first kappa shape index (κ1) is 13.2. The van der Waals surface area contributed by atoms with Crippen LogP contribution in [0.4, 0.5) is 0 Å². The lowest BCUT2D eigenvalue weighted by Gasteiger charge is -2.14. The average molecular weight is 230 g/mol. The average Bonchev–Trinajstić information content (AvgIpc) is 2.73. The Labute approximate surface area is 102 Å². The van der Waals surface area contributed by atoms with Gasteiger partial charge in [0.1, 0.15) is 0 Å². The fourth-order valence-corrected chi connectivity index (χ4v) is 1.40. The van der Waals surface area contributed by atoms with E-state index >= 15 is 0 Å². The number of aryl methyl sites for hydroxylation is 1. The zero-order valence-electron chi connectivity index (χ0n) is 11.0. The molecule has 0 aliphatic rings. The summed E-state index contributed by atoms with van der Waals surface area (Å²) in [5.41, 5.74) is 2.15. The quantitative estimate of drug-likeness (QED) is 0.757. The number of hydrogen-bond donors (Lipinski definition) is 0. The maximum atomic E-state index is 9.02. The first-order chi connectivity index (χ1) is 8.04. The Morgan fingerprint density at radius 1 is 1.29 bits per heavy atom. The van der Waals surface area contributed by atoms with Crippen LogP contribution in [-0.2, 0) is 5.41 Å². The molecule has 0 saturated carbocycles. The van der Waals surface area contributed by atoms with Crippen molar-refractivity contribution in [3.8, 4) is 6.07 Å². The Morgan fingerprint density at radius 2 is 1.94 bits per heavy atom. The standard InChI is InChI=1S/C11H12N4.C2H6/c1-8-5-13-10-4-9(6-14-15(8)10)11(2,3)7-12;1-2/h4-6H,1-3H3;1-2H3. The molecule has 4 heteroatoms. The molecule has 0 unspecified atom stereocenters. The van der Waals surface area contributed by atoms with Crippen LogP contribution < -0.4 is 0 Å². The van der Waals surface area contributed by atoms with Crippen LogP contribution in [-0.4, -0.2) is 14.6 Å².